The number of aliphatic hydroxyl groups excluding tert-OH is 1. The molecular formula is C25H33F3N2O4S. The van der Waals surface area contributed by atoms with Crippen molar-refractivity contribution in [2.75, 3.05) is 23.8 Å². The fraction of sp³-hybridized carbons (Fsp3) is 0.520. The topological polar surface area (TPSA) is 102 Å². The second-order valence-electron chi connectivity index (χ2n) is 10.2. The molecule has 0 radical (unpaired) electrons. The number of rotatable bonds is 7. The number of alkyl halides is 3. The molecule has 2 aromatic carbocycles. The molecule has 3 atom stereocenters. The summed E-state index contributed by atoms with van der Waals surface area (Å²) < 4.78 is 67.6. The molecule has 0 spiro atoms. The average Bonchev–Trinajstić information content (AvgIpc) is 2.74. The fourth-order valence-electron chi connectivity index (χ4n) is 4.24. The minimum absolute atomic E-state index is 0.0312. The van der Waals surface area contributed by atoms with Crippen LogP contribution in [0.5, 0.6) is 5.75 Å². The van der Waals surface area contributed by atoms with Crippen molar-refractivity contribution in [1.82, 2.24) is 5.32 Å². The first kappa shape index (κ1) is 27.3. The average molecular weight is 515 g/mol. The molecular weight excluding hydrogens is 481 g/mol. The first-order chi connectivity index (χ1) is 16.1. The van der Waals surface area contributed by atoms with Crippen LogP contribution in [0.2, 0.25) is 0 Å². The molecule has 1 fully saturated rings. The van der Waals surface area contributed by atoms with Crippen molar-refractivity contribution in [3.63, 3.8) is 0 Å². The summed E-state index contributed by atoms with van der Waals surface area (Å²) in [5.74, 6) is -1.16. The number of halogens is 3. The van der Waals surface area contributed by atoms with Crippen LogP contribution in [0.4, 0.5) is 18.9 Å². The SMILES string of the molecule is CC(C)(C)c1cccc(CN[C@H]2CS(=O)(=O)C[C@@H](Cc3ccc(N)c(OCC(F)(F)F)c3)[C@@H]2O)c1. The van der Waals surface area contributed by atoms with Crippen LogP contribution >= 0.6 is 0 Å². The molecule has 0 aromatic heterocycles. The lowest BCUT2D eigenvalue weighted by Crippen LogP contribution is -2.54. The highest BCUT2D eigenvalue weighted by atomic mass is 32.2. The Morgan fingerprint density at radius 2 is 1.80 bits per heavy atom. The number of hydrogen-bond acceptors (Lipinski definition) is 6. The van der Waals surface area contributed by atoms with Gasteiger partial charge in [0.2, 0.25) is 0 Å². The summed E-state index contributed by atoms with van der Waals surface area (Å²) in [5.41, 5.74) is 8.41. The molecule has 0 saturated carbocycles. The minimum atomic E-state index is -4.51. The fourth-order valence-corrected chi connectivity index (χ4v) is 6.21. The molecule has 35 heavy (non-hydrogen) atoms. The molecule has 0 aliphatic carbocycles. The van der Waals surface area contributed by atoms with Crippen LogP contribution in [0.3, 0.4) is 0 Å². The van der Waals surface area contributed by atoms with Gasteiger partial charge in [-0.05, 0) is 40.7 Å². The smallest absolute Gasteiger partial charge is 0.422 e. The van der Waals surface area contributed by atoms with E-state index in [2.05, 4.69) is 32.2 Å². The van der Waals surface area contributed by atoms with Crippen LogP contribution < -0.4 is 15.8 Å². The molecule has 1 aliphatic heterocycles. The predicted molar refractivity (Wildman–Crippen MR) is 130 cm³/mol. The lowest BCUT2D eigenvalue weighted by Gasteiger charge is -2.35. The largest absolute Gasteiger partial charge is 0.482 e. The van der Waals surface area contributed by atoms with Gasteiger partial charge in [0, 0.05) is 18.5 Å². The van der Waals surface area contributed by atoms with Crippen molar-refractivity contribution in [3.8, 4) is 5.75 Å². The zero-order chi connectivity index (χ0) is 26.0. The van der Waals surface area contributed by atoms with E-state index in [0.29, 0.717) is 12.1 Å². The third-order valence-electron chi connectivity index (χ3n) is 6.13. The van der Waals surface area contributed by atoms with Gasteiger partial charge in [0.05, 0.1) is 23.3 Å². The summed E-state index contributed by atoms with van der Waals surface area (Å²) in [7, 11) is -3.44. The van der Waals surface area contributed by atoms with Crippen LogP contribution in [-0.2, 0) is 28.2 Å². The predicted octanol–water partition coefficient (Wildman–Crippen LogP) is 3.61. The maximum absolute atomic E-state index is 12.6. The Morgan fingerprint density at radius 1 is 1.09 bits per heavy atom. The molecule has 1 aliphatic rings. The number of aliphatic hydroxyl groups is 1. The summed E-state index contributed by atoms with van der Waals surface area (Å²) in [6.07, 6.45) is -5.32. The number of ether oxygens (including phenoxy) is 1. The second-order valence-corrected chi connectivity index (χ2v) is 12.4. The van der Waals surface area contributed by atoms with Gasteiger partial charge in [-0.1, -0.05) is 51.1 Å². The Labute approximate surface area is 204 Å². The Hall–Kier alpha value is -2.30. The monoisotopic (exact) mass is 514 g/mol. The standard InChI is InChI=1S/C25H33F3N2O4S/c1-24(2,3)19-6-4-5-17(10-19)12-30-21-14-35(32,33)13-18(23(21)31)9-16-7-8-20(29)22(11-16)34-15-25(26,27)28/h4-8,10-11,18,21,23,30-31H,9,12-15,29H2,1-3H3/t18-,21+,23+/m1/s1. The van der Waals surface area contributed by atoms with Crippen LogP contribution in [0.15, 0.2) is 42.5 Å². The Morgan fingerprint density at radius 3 is 2.46 bits per heavy atom. The molecule has 1 heterocycles. The summed E-state index contributed by atoms with van der Waals surface area (Å²) in [4.78, 5) is 0. The maximum Gasteiger partial charge on any atom is 0.422 e. The van der Waals surface area contributed by atoms with E-state index in [1.165, 1.54) is 12.1 Å². The number of sulfone groups is 1. The van der Waals surface area contributed by atoms with Gasteiger partial charge < -0.3 is 20.9 Å². The van der Waals surface area contributed by atoms with E-state index in [1.807, 2.05) is 18.2 Å². The van der Waals surface area contributed by atoms with E-state index >= 15 is 0 Å². The number of nitrogen functional groups attached to an aromatic ring is 1. The molecule has 10 heteroatoms. The summed E-state index contributed by atoms with van der Waals surface area (Å²) >= 11 is 0. The molecule has 194 valence electrons. The van der Waals surface area contributed by atoms with Gasteiger partial charge in [0.1, 0.15) is 5.75 Å². The number of benzene rings is 2. The molecule has 3 rings (SSSR count). The van der Waals surface area contributed by atoms with Gasteiger partial charge in [-0.25, -0.2) is 8.42 Å². The third-order valence-corrected chi connectivity index (χ3v) is 7.93. The maximum atomic E-state index is 12.6. The highest BCUT2D eigenvalue weighted by molar-refractivity contribution is 7.91. The van der Waals surface area contributed by atoms with Gasteiger partial charge in [-0.3, -0.25) is 0 Å². The van der Waals surface area contributed by atoms with Gasteiger partial charge in [-0.15, -0.1) is 0 Å². The summed E-state index contributed by atoms with van der Waals surface area (Å²) in [6.45, 7) is 5.24. The van der Waals surface area contributed by atoms with Gasteiger partial charge in [0.25, 0.3) is 0 Å². The van der Waals surface area contributed by atoms with Crippen LogP contribution in [0, 0.1) is 5.92 Å². The van der Waals surface area contributed by atoms with Gasteiger partial charge in [-0.2, -0.15) is 13.2 Å². The van der Waals surface area contributed by atoms with Gasteiger partial charge >= 0.3 is 6.18 Å². The van der Waals surface area contributed by atoms with Crippen molar-refractivity contribution in [3.05, 3.63) is 59.2 Å². The van der Waals surface area contributed by atoms with Crippen molar-refractivity contribution in [2.24, 2.45) is 5.92 Å². The van der Waals surface area contributed by atoms with E-state index in [0.717, 1.165) is 11.1 Å². The molecule has 0 unspecified atom stereocenters. The van der Waals surface area contributed by atoms with Crippen molar-refractivity contribution >= 4 is 15.5 Å². The van der Waals surface area contributed by atoms with E-state index < -0.39 is 40.7 Å². The number of nitrogens with one attached hydrogen (secondary N) is 1. The summed E-state index contributed by atoms with van der Waals surface area (Å²) in [6, 6.07) is 11.7. The van der Waals surface area contributed by atoms with E-state index in [-0.39, 0.29) is 34.8 Å². The lowest BCUT2D eigenvalue weighted by molar-refractivity contribution is -0.153. The molecule has 6 nitrogen and oxygen atoms in total. The van der Waals surface area contributed by atoms with E-state index in [1.54, 1.807) is 6.07 Å². The summed E-state index contributed by atoms with van der Waals surface area (Å²) in [5, 5.41) is 14.2. The van der Waals surface area contributed by atoms with Gasteiger partial charge in [0.15, 0.2) is 16.4 Å². The molecule has 0 bridgehead atoms. The van der Waals surface area contributed by atoms with Crippen LogP contribution in [-0.4, -0.2) is 50.0 Å². The lowest BCUT2D eigenvalue weighted by atomic mass is 9.86. The third kappa shape index (κ3) is 7.85. The van der Waals surface area contributed by atoms with Crippen molar-refractivity contribution < 1.29 is 31.4 Å². The van der Waals surface area contributed by atoms with Crippen molar-refractivity contribution in [2.45, 2.75) is 57.5 Å². The van der Waals surface area contributed by atoms with Crippen LogP contribution in [0.1, 0.15) is 37.5 Å². The first-order valence-corrected chi connectivity index (χ1v) is 13.2. The number of nitrogens with two attached hydrogens (primary N) is 1. The highest BCUT2D eigenvalue weighted by Gasteiger charge is 2.39. The molecule has 1 saturated heterocycles. The molecule has 4 N–H and O–H groups in total. The first-order valence-electron chi connectivity index (χ1n) is 11.4. The normalized spacial score (nSPS) is 22.7. The van der Waals surface area contributed by atoms with E-state index in [9.17, 15) is 26.7 Å². The zero-order valence-electron chi connectivity index (χ0n) is 20.1. The molecule has 2 aromatic rings. The highest BCUT2D eigenvalue weighted by Crippen LogP contribution is 2.30. The Bertz CT molecular complexity index is 1130. The van der Waals surface area contributed by atoms with Crippen LogP contribution in [0.25, 0.3) is 0 Å². The van der Waals surface area contributed by atoms with Crippen molar-refractivity contribution in [1.29, 1.82) is 0 Å². The Balaban J connectivity index is 1.72. The quantitative estimate of drug-likeness (QED) is 0.488. The Kier molecular flexibility index (Phi) is 8.08. The number of hydrogen-bond donors (Lipinski definition) is 3. The molecule has 0 amide bonds. The number of anilines is 1. The van der Waals surface area contributed by atoms with E-state index in [4.69, 9.17) is 10.5 Å². The minimum Gasteiger partial charge on any atom is -0.482 e. The second kappa shape index (κ2) is 10.4. The zero-order valence-corrected chi connectivity index (χ0v) is 20.9.